The fraction of sp³-hybridized carbons (Fsp3) is 0.357. The molecule has 0 aromatic heterocycles. The van der Waals surface area contributed by atoms with E-state index < -0.39 is 12.0 Å². The van der Waals surface area contributed by atoms with Crippen LogP contribution in [0.4, 0.5) is 0 Å². The molecule has 0 aliphatic rings. The third kappa shape index (κ3) is 4.48. The van der Waals surface area contributed by atoms with Crippen LogP contribution in [0.1, 0.15) is 12.0 Å². The Balaban J connectivity index is 2.50. The molecule has 0 spiro atoms. The van der Waals surface area contributed by atoms with Crippen LogP contribution in [0, 0.1) is 12.3 Å². The van der Waals surface area contributed by atoms with Crippen molar-refractivity contribution in [3.05, 3.63) is 29.8 Å². The van der Waals surface area contributed by atoms with Crippen LogP contribution >= 0.6 is 0 Å². The Labute approximate surface area is 107 Å². The van der Waals surface area contributed by atoms with Crippen molar-refractivity contribution in [3.8, 4) is 18.1 Å². The third-order valence-corrected chi connectivity index (χ3v) is 2.40. The van der Waals surface area contributed by atoms with Crippen LogP contribution in [-0.4, -0.2) is 25.7 Å². The lowest BCUT2D eigenvalue weighted by atomic mass is 10.1. The summed E-state index contributed by atoms with van der Waals surface area (Å²) in [4.78, 5) is 11.2. The molecule has 0 radical (unpaired) electrons. The number of rotatable bonds is 6. The second kappa shape index (κ2) is 7.36. The van der Waals surface area contributed by atoms with Crippen LogP contribution in [0.15, 0.2) is 24.3 Å². The van der Waals surface area contributed by atoms with Crippen molar-refractivity contribution in [3.63, 3.8) is 0 Å². The Morgan fingerprint density at radius 1 is 1.44 bits per heavy atom. The van der Waals surface area contributed by atoms with Gasteiger partial charge in [0.2, 0.25) is 0 Å². The Morgan fingerprint density at radius 3 is 2.67 bits per heavy atom. The van der Waals surface area contributed by atoms with Gasteiger partial charge in [-0.2, -0.15) is 0 Å². The molecule has 0 aliphatic carbocycles. The summed E-state index contributed by atoms with van der Waals surface area (Å²) in [5, 5.41) is 0. The zero-order valence-electron chi connectivity index (χ0n) is 10.4. The van der Waals surface area contributed by atoms with Gasteiger partial charge in [0, 0.05) is 6.42 Å². The minimum Gasteiger partial charge on any atom is -0.493 e. The first-order chi connectivity index (χ1) is 8.67. The lowest BCUT2D eigenvalue weighted by Crippen LogP contribution is -2.33. The molecule has 0 bridgehead atoms. The van der Waals surface area contributed by atoms with Crippen LogP contribution in [0.2, 0.25) is 0 Å². The zero-order valence-corrected chi connectivity index (χ0v) is 10.4. The van der Waals surface area contributed by atoms with E-state index in [1.54, 1.807) is 0 Å². The number of benzene rings is 1. The third-order valence-electron chi connectivity index (χ3n) is 2.40. The van der Waals surface area contributed by atoms with Gasteiger partial charge in [-0.05, 0) is 24.1 Å². The fourth-order valence-corrected chi connectivity index (χ4v) is 1.44. The van der Waals surface area contributed by atoms with Gasteiger partial charge < -0.3 is 15.2 Å². The van der Waals surface area contributed by atoms with Crippen molar-refractivity contribution in [1.82, 2.24) is 0 Å². The summed E-state index contributed by atoms with van der Waals surface area (Å²) >= 11 is 0. The van der Waals surface area contributed by atoms with Gasteiger partial charge >= 0.3 is 5.97 Å². The van der Waals surface area contributed by atoms with Gasteiger partial charge in [0.1, 0.15) is 11.8 Å². The van der Waals surface area contributed by atoms with E-state index in [0.717, 1.165) is 11.3 Å². The molecule has 0 heterocycles. The number of esters is 1. The molecule has 1 atom stereocenters. The summed E-state index contributed by atoms with van der Waals surface area (Å²) < 4.78 is 9.98. The molecular weight excluding hydrogens is 230 g/mol. The molecule has 0 aliphatic heterocycles. The van der Waals surface area contributed by atoms with Crippen molar-refractivity contribution in [2.75, 3.05) is 13.7 Å². The van der Waals surface area contributed by atoms with Crippen molar-refractivity contribution in [2.24, 2.45) is 5.73 Å². The lowest BCUT2D eigenvalue weighted by Gasteiger charge is -2.10. The molecule has 0 amide bonds. The maximum Gasteiger partial charge on any atom is 0.322 e. The average Bonchev–Trinajstić information content (AvgIpc) is 2.40. The van der Waals surface area contributed by atoms with E-state index in [0.29, 0.717) is 19.4 Å². The quantitative estimate of drug-likeness (QED) is 0.465. The first-order valence-electron chi connectivity index (χ1n) is 5.66. The average molecular weight is 247 g/mol. The summed E-state index contributed by atoms with van der Waals surface area (Å²) in [7, 11) is 1.32. The number of hydrogen-bond acceptors (Lipinski definition) is 4. The van der Waals surface area contributed by atoms with Crippen LogP contribution < -0.4 is 10.5 Å². The largest absolute Gasteiger partial charge is 0.493 e. The Morgan fingerprint density at radius 2 is 2.11 bits per heavy atom. The highest BCUT2D eigenvalue weighted by Gasteiger charge is 2.13. The number of hydrogen-bond donors (Lipinski definition) is 1. The van der Waals surface area contributed by atoms with Crippen LogP contribution in [-0.2, 0) is 16.0 Å². The summed E-state index contributed by atoms with van der Waals surface area (Å²) in [5.41, 5.74) is 6.62. The molecule has 1 unspecified atom stereocenters. The number of terminal acetylenes is 1. The van der Waals surface area contributed by atoms with E-state index in [2.05, 4.69) is 10.7 Å². The molecule has 0 fully saturated rings. The van der Waals surface area contributed by atoms with Crippen molar-refractivity contribution < 1.29 is 14.3 Å². The Bertz CT molecular complexity index is 420. The maximum absolute atomic E-state index is 11.2. The molecule has 96 valence electrons. The van der Waals surface area contributed by atoms with Crippen LogP contribution in [0.3, 0.4) is 0 Å². The van der Waals surface area contributed by atoms with Gasteiger partial charge in [0.15, 0.2) is 0 Å². The van der Waals surface area contributed by atoms with Crippen LogP contribution in [0.5, 0.6) is 5.75 Å². The molecule has 1 aromatic rings. The van der Waals surface area contributed by atoms with Crippen molar-refractivity contribution >= 4 is 5.97 Å². The van der Waals surface area contributed by atoms with Gasteiger partial charge in [-0.1, -0.05) is 12.1 Å². The Hall–Kier alpha value is -1.99. The maximum atomic E-state index is 11.2. The van der Waals surface area contributed by atoms with Gasteiger partial charge in [-0.25, -0.2) is 0 Å². The molecule has 0 saturated carbocycles. The highest BCUT2D eigenvalue weighted by molar-refractivity contribution is 5.75. The standard InChI is InChI=1S/C14H17NO3/c1-3-4-9-18-12-7-5-11(6-8-12)10-13(15)14(16)17-2/h1,5-8,13H,4,9-10,15H2,2H3. The number of methoxy groups -OCH3 is 1. The molecule has 4 nitrogen and oxygen atoms in total. The smallest absolute Gasteiger partial charge is 0.322 e. The van der Waals surface area contributed by atoms with Gasteiger partial charge in [-0.15, -0.1) is 12.3 Å². The fourth-order valence-electron chi connectivity index (χ4n) is 1.44. The number of ether oxygens (including phenoxy) is 2. The van der Waals surface area contributed by atoms with Crippen LogP contribution in [0.25, 0.3) is 0 Å². The Kier molecular flexibility index (Phi) is 5.75. The van der Waals surface area contributed by atoms with Gasteiger partial charge in [-0.3, -0.25) is 4.79 Å². The predicted octanol–water partition coefficient (Wildman–Crippen LogP) is 1.13. The predicted molar refractivity (Wildman–Crippen MR) is 69.1 cm³/mol. The van der Waals surface area contributed by atoms with Gasteiger partial charge in [0.05, 0.1) is 13.7 Å². The summed E-state index contributed by atoms with van der Waals surface area (Å²) in [6.45, 7) is 0.498. The SMILES string of the molecule is C#CCCOc1ccc(CC(N)C(=O)OC)cc1. The topological polar surface area (TPSA) is 61.5 Å². The number of carbonyl (C=O) groups excluding carboxylic acids is 1. The molecule has 1 aromatic carbocycles. The molecule has 18 heavy (non-hydrogen) atoms. The first kappa shape index (κ1) is 14.1. The monoisotopic (exact) mass is 247 g/mol. The highest BCUT2D eigenvalue weighted by Crippen LogP contribution is 2.13. The lowest BCUT2D eigenvalue weighted by molar-refractivity contribution is -0.142. The van der Waals surface area contributed by atoms with E-state index in [9.17, 15) is 4.79 Å². The van der Waals surface area contributed by atoms with Crippen molar-refractivity contribution in [1.29, 1.82) is 0 Å². The summed E-state index contributed by atoms with van der Waals surface area (Å²) in [6, 6.07) is 6.76. The number of nitrogens with two attached hydrogens (primary N) is 1. The second-order valence-corrected chi connectivity index (χ2v) is 3.78. The molecule has 1 rings (SSSR count). The highest BCUT2D eigenvalue weighted by atomic mass is 16.5. The summed E-state index contributed by atoms with van der Waals surface area (Å²) in [6.07, 6.45) is 6.15. The molecular formula is C14H17NO3. The minimum absolute atomic E-state index is 0.413. The normalized spacial score (nSPS) is 11.4. The molecule has 4 heteroatoms. The molecule has 2 N–H and O–H groups in total. The zero-order chi connectivity index (χ0) is 13.4. The van der Waals surface area contributed by atoms with E-state index >= 15 is 0 Å². The summed E-state index contributed by atoms with van der Waals surface area (Å²) in [5.74, 6) is 2.84. The number of carbonyl (C=O) groups is 1. The van der Waals surface area contributed by atoms with E-state index in [1.165, 1.54) is 7.11 Å². The minimum atomic E-state index is -0.636. The van der Waals surface area contributed by atoms with E-state index in [4.69, 9.17) is 16.9 Å². The van der Waals surface area contributed by atoms with Crippen molar-refractivity contribution in [2.45, 2.75) is 18.9 Å². The molecule has 0 saturated heterocycles. The van der Waals surface area contributed by atoms with E-state index in [-0.39, 0.29) is 0 Å². The van der Waals surface area contributed by atoms with E-state index in [1.807, 2.05) is 24.3 Å². The first-order valence-corrected chi connectivity index (χ1v) is 5.66. The van der Waals surface area contributed by atoms with Gasteiger partial charge in [0.25, 0.3) is 0 Å². The second-order valence-electron chi connectivity index (χ2n) is 3.78.